The molecule has 134 valence electrons. The second-order valence-corrected chi connectivity index (χ2v) is 6.40. The first-order chi connectivity index (χ1) is 12.6. The highest BCUT2D eigenvalue weighted by Crippen LogP contribution is 2.47. The molecule has 6 heteroatoms. The standard InChI is InChI=1S/C20H20N2O4/c1-3-25-20(24)15-12-21-18(23)11-16(14-7-5-4-6-8-14)22(21)19(15)17-10-9-13(2)26-17/h4-10,12,16,19H,3,11H2,1-2H3/t16-,19+/m1/s1. The van der Waals surface area contributed by atoms with Crippen LogP contribution in [0.15, 0.2) is 58.7 Å². The molecule has 0 saturated carbocycles. The zero-order valence-electron chi connectivity index (χ0n) is 14.7. The third-order valence-corrected chi connectivity index (χ3v) is 4.74. The van der Waals surface area contributed by atoms with E-state index in [1.807, 2.05) is 54.4 Å². The van der Waals surface area contributed by atoms with Gasteiger partial charge in [0, 0.05) is 6.20 Å². The molecule has 0 bridgehead atoms. The number of hydrogen-bond acceptors (Lipinski definition) is 5. The van der Waals surface area contributed by atoms with E-state index in [0.717, 1.165) is 11.3 Å². The molecule has 0 N–H and O–H groups in total. The molecular formula is C20H20N2O4. The smallest absolute Gasteiger partial charge is 0.337 e. The predicted octanol–water partition coefficient (Wildman–Crippen LogP) is 3.28. The van der Waals surface area contributed by atoms with Crippen LogP contribution in [0.2, 0.25) is 0 Å². The average molecular weight is 352 g/mol. The summed E-state index contributed by atoms with van der Waals surface area (Å²) in [5, 5.41) is 3.45. The number of carbonyl (C=O) groups is 2. The molecule has 0 radical (unpaired) electrons. The third kappa shape index (κ3) is 2.63. The maximum absolute atomic E-state index is 12.6. The summed E-state index contributed by atoms with van der Waals surface area (Å²) in [6.45, 7) is 3.89. The summed E-state index contributed by atoms with van der Waals surface area (Å²) in [6.07, 6.45) is 1.94. The Balaban J connectivity index is 1.78. The van der Waals surface area contributed by atoms with Gasteiger partial charge < -0.3 is 9.15 Å². The van der Waals surface area contributed by atoms with Gasteiger partial charge in [0.2, 0.25) is 5.91 Å². The predicted molar refractivity (Wildman–Crippen MR) is 93.4 cm³/mol. The Morgan fingerprint density at radius 2 is 2.00 bits per heavy atom. The lowest BCUT2D eigenvalue weighted by Crippen LogP contribution is -2.35. The van der Waals surface area contributed by atoms with E-state index >= 15 is 0 Å². The number of carbonyl (C=O) groups excluding carboxylic acids is 2. The molecule has 26 heavy (non-hydrogen) atoms. The molecule has 4 rings (SSSR count). The van der Waals surface area contributed by atoms with Gasteiger partial charge in [-0.3, -0.25) is 4.79 Å². The number of hydrogen-bond donors (Lipinski definition) is 0. The molecule has 0 aliphatic carbocycles. The Hall–Kier alpha value is -2.86. The highest BCUT2D eigenvalue weighted by molar-refractivity contribution is 5.93. The van der Waals surface area contributed by atoms with E-state index in [1.165, 1.54) is 5.01 Å². The molecule has 2 aliphatic heterocycles. The van der Waals surface area contributed by atoms with Crippen LogP contribution in [-0.2, 0) is 14.3 Å². The van der Waals surface area contributed by atoms with Crippen molar-refractivity contribution < 1.29 is 18.7 Å². The first-order valence-electron chi connectivity index (χ1n) is 8.70. The second kappa shape index (κ2) is 6.46. The minimum absolute atomic E-state index is 0.0496. The summed E-state index contributed by atoms with van der Waals surface area (Å²) in [6, 6.07) is 12.9. The second-order valence-electron chi connectivity index (χ2n) is 6.40. The van der Waals surface area contributed by atoms with E-state index in [-0.39, 0.29) is 18.6 Å². The summed E-state index contributed by atoms with van der Waals surface area (Å²) < 4.78 is 11.0. The molecule has 2 atom stereocenters. The first kappa shape index (κ1) is 16.6. The van der Waals surface area contributed by atoms with Crippen LogP contribution in [0.3, 0.4) is 0 Å². The van der Waals surface area contributed by atoms with Crippen LogP contribution >= 0.6 is 0 Å². The number of amides is 1. The third-order valence-electron chi connectivity index (χ3n) is 4.74. The highest BCUT2D eigenvalue weighted by atomic mass is 16.5. The monoisotopic (exact) mass is 352 g/mol. The molecule has 1 aromatic carbocycles. The van der Waals surface area contributed by atoms with Crippen LogP contribution in [-0.4, -0.2) is 28.5 Å². The van der Waals surface area contributed by atoms with Crippen molar-refractivity contribution in [1.29, 1.82) is 0 Å². The van der Waals surface area contributed by atoms with E-state index in [1.54, 1.807) is 13.1 Å². The van der Waals surface area contributed by atoms with Gasteiger partial charge in [0.25, 0.3) is 0 Å². The maximum Gasteiger partial charge on any atom is 0.337 e. The van der Waals surface area contributed by atoms with Gasteiger partial charge in [-0.1, -0.05) is 30.3 Å². The van der Waals surface area contributed by atoms with Gasteiger partial charge in [-0.25, -0.2) is 9.80 Å². The molecular weight excluding hydrogens is 332 g/mol. The molecule has 1 amide bonds. The van der Waals surface area contributed by atoms with Gasteiger partial charge in [0.05, 0.1) is 24.6 Å². The van der Waals surface area contributed by atoms with Gasteiger partial charge in [-0.2, -0.15) is 5.01 Å². The molecule has 6 nitrogen and oxygen atoms in total. The summed E-state index contributed by atoms with van der Waals surface area (Å²) in [4.78, 5) is 25.1. The number of fused-ring (bicyclic) bond motifs is 1. The largest absolute Gasteiger partial charge is 0.464 e. The van der Waals surface area contributed by atoms with E-state index in [4.69, 9.17) is 9.15 Å². The van der Waals surface area contributed by atoms with Crippen LogP contribution in [0.25, 0.3) is 0 Å². The minimum Gasteiger partial charge on any atom is -0.464 e. The number of furan rings is 1. The number of rotatable bonds is 4. The number of hydrazine groups is 1. The minimum atomic E-state index is -0.487. The normalized spacial score (nSPS) is 22.5. The van der Waals surface area contributed by atoms with E-state index in [0.29, 0.717) is 17.8 Å². The Kier molecular flexibility index (Phi) is 4.12. The SMILES string of the molecule is CCOC(=O)C1=CN2C(=O)C[C@H](c3ccccc3)N2[C@@H]1c1ccc(C)o1. The van der Waals surface area contributed by atoms with Crippen molar-refractivity contribution in [3.63, 3.8) is 0 Å². The summed E-state index contributed by atoms with van der Waals surface area (Å²) >= 11 is 0. The van der Waals surface area contributed by atoms with Crippen molar-refractivity contribution in [2.45, 2.75) is 32.4 Å². The lowest BCUT2D eigenvalue weighted by Gasteiger charge is -2.30. The Morgan fingerprint density at radius 1 is 1.23 bits per heavy atom. The van der Waals surface area contributed by atoms with E-state index in [2.05, 4.69) is 0 Å². The van der Waals surface area contributed by atoms with Crippen molar-refractivity contribution >= 4 is 11.9 Å². The topological polar surface area (TPSA) is 63.0 Å². The first-order valence-corrected chi connectivity index (χ1v) is 8.70. The quantitative estimate of drug-likeness (QED) is 0.790. The summed E-state index contributed by atoms with van der Waals surface area (Å²) in [5.41, 5.74) is 1.44. The maximum atomic E-state index is 12.6. The Labute approximate surface area is 151 Å². The van der Waals surface area contributed by atoms with Crippen molar-refractivity contribution in [1.82, 2.24) is 10.0 Å². The van der Waals surface area contributed by atoms with Crippen molar-refractivity contribution in [3.05, 3.63) is 71.3 Å². The number of esters is 1. The lowest BCUT2D eigenvalue weighted by molar-refractivity contribution is -0.140. The average Bonchev–Trinajstić information content (AvgIpc) is 3.31. The fourth-order valence-electron chi connectivity index (χ4n) is 3.63. The number of aryl methyl sites for hydroxylation is 1. The van der Waals surface area contributed by atoms with Crippen LogP contribution < -0.4 is 0 Å². The van der Waals surface area contributed by atoms with Crippen LogP contribution in [0.5, 0.6) is 0 Å². The Bertz CT molecular complexity index is 871. The Morgan fingerprint density at radius 3 is 2.65 bits per heavy atom. The number of benzene rings is 1. The molecule has 1 fully saturated rings. The molecule has 1 aromatic heterocycles. The van der Waals surface area contributed by atoms with E-state index < -0.39 is 12.0 Å². The zero-order chi connectivity index (χ0) is 18.3. The molecule has 1 saturated heterocycles. The van der Waals surface area contributed by atoms with Gasteiger partial charge in [-0.15, -0.1) is 0 Å². The van der Waals surface area contributed by atoms with Crippen molar-refractivity contribution in [2.75, 3.05) is 6.61 Å². The molecule has 3 heterocycles. The van der Waals surface area contributed by atoms with Gasteiger partial charge in [0.1, 0.15) is 17.6 Å². The van der Waals surface area contributed by atoms with E-state index in [9.17, 15) is 9.59 Å². The molecule has 2 aliphatic rings. The fourth-order valence-corrected chi connectivity index (χ4v) is 3.63. The molecule has 0 spiro atoms. The van der Waals surface area contributed by atoms with Crippen LogP contribution in [0.4, 0.5) is 0 Å². The number of nitrogens with zero attached hydrogens (tertiary/aromatic N) is 2. The van der Waals surface area contributed by atoms with Crippen molar-refractivity contribution in [2.24, 2.45) is 0 Å². The summed E-state index contributed by atoms with van der Waals surface area (Å²) in [7, 11) is 0. The molecule has 2 aromatic rings. The number of ether oxygens (including phenoxy) is 1. The highest BCUT2D eigenvalue weighted by Gasteiger charge is 2.50. The van der Waals surface area contributed by atoms with Gasteiger partial charge >= 0.3 is 5.97 Å². The van der Waals surface area contributed by atoms with Crippen LogP contribution in [0, 0.1) is 6.92 Å². The molecule has 0 unspecified atom stereocenters. The zero-order valence-corrected chi connectivity index (χ0v) is 14.7. The van der Waals surface area contributed by atoms with Crippen LogP contribution in [0.1, 0.15) is 42.5 Å². The fraction of sp³-hybridized carbons (Fsp3) is 0.300. The summed E-state index contributed by atoms with van der Waals surface area (Å²) in [5.74, 6) is 0.898. The van der Waals surface area contributed by atoms with Gasteiger partial charge in [0.15, 0.2) is 0 Å². The van der Waals surface area contributed by atoms with Gasteiger partial charge in [-0.05, 0) is 31.5 Å². The lowest BCUT2D eigenvalue weighted by atomic mass is 9.99. The van der Waals surface area contributed by atoms with Crippen molar-refractivity contribution in [3.8, 4) is 0 Å².